The second kappa shape index (κ2) is 6.48. The summed E-state index contributed by atoms with van der Waals surface area (Å²) in [6.07, 6.45) is 6.87. The molecule has 0 spiro atoms. The number of Topliss-reactive ketones (excluding diaryl/α,β-unsaturated/α-hetero) is 1. The Labute approximate surface area is 139 Å². The first-order chi connectivity index (χ1) is 11.0. The maximum absolute atomic E-state index is 11.5. The average molecular weight is 313 g/mol. The van der Waals surface area contributed by atoms with Crippen LogP contribution in [-0.4, -0.2) is 36.9 Å². The van der Waals surface area contributed by atoms with Gasteiger partial charge in [-0.15, -0.1) is 0 Å². The van der Waals surface area contributed by atoms with Crippen molar-refractivity contribution >= 4 is 5.78 Å². The molecule has 3 rings (SSSR count). The molecule has 124 valence electrons. The number of ether oxygens (including phenoxy) is 1. The van der Waals surface area contributed by atoms with Gasteiger partial charge in [-0.25, -0.2) is 0 Å². The molecule has 0 amide bonds. The quantitative estimate of drug-likeness (QED) is 0.771. The van der Waals surface area contributed by atoms with Gasteiger partial charge in [-0.05, 0) is 64.8 Å². The first-order valence-corrected chi connectivity index (χ1v) is 8.66. The Bertz CT molecular complexity index is 605. The van der Waals surface area contributed by atoms with Crippen molar-refractivity contribution in [1.82, 2.24) is 4.90 Å². The topological polar surface area (TPSA) is 29.5 Å². The molecule has 1 aliphatic carbocycles. The van der Waals surface area contributed by atoms with Crippen LogP contribution in [-0.2, 0) is 10.2 Å². The maximum atomic E-state index is 11.5. The monoisotopic (exact) mass is 313 g/mol. The summed E-state index contributed by atoms with van der Waals surface area (Å²) in [6, 6.07) is 8.58. The van der Waals surface area contributed by atoms with Crippen molar-refractivity contribution in [1.29, 1.82) is 0 Å². The summed E-state index contributed by atoms with van der Waals surface area (Å²) >= 11 is 0. The van der Waals surface area contributed by atoms with Crippen LogP contribution < -0.4 is 0 Å². The van der Waals surface area contributed by atoms with Gasteiger partial charge in [-0.2, -0.15) is 0 Å². The summed E-state index contributed by atoms with van der Waals surface area (Å²) in [5.41, 5.74) is 1.95. The van der Waals surface area contributed by atoms with Crippen molar-refractivity contribution in [2.45, 2.75) is 51.0 Å². The molecule has 3 nitrogen and oxygen atoms in total. The van der Waals surface area contributed by atoms with E-state index < -0.39 is 0 Å². The molecule has 1 aliphatic heterocycles. The number of nitrogens with zero attached hydrogens (tertiary/aromatic N) is 1. The summed E-state index contributed by atoms with van der Waals surface area (Å²) < 4.78 is 6.26. The second-order valence-corrected chi connectivity index (χ2v) is 7.16. The van der Waals surface area contributed by atoms with E-state index in [1.807, 2.05) is 12.1 Å². The van der Waals surface area contributed by atoms with Gasteiger partial charge in [0.15, 0.2) is 5.78 Å². The molecule has 2 atom stereocenters. The summed E-state index contributed by atoms with van der Waals surface area (Å²) in [5, 5.41) is 0. The van der Waals surface area contributed by atoms with Crippen molar-refractivity contribution in [3.63, 3.8) is 0 Å². The Balaban J connectivity index is 1.72. The molecular formula is C20H27NO2. The summed E-state index contributed by atoms with van der Waals surface area (Å²) in [6.45, 7) is 5.83. The van der Waals surface area contributed by atoms with Crippen molar-refractivity contribution in [2.75, 3.05) is 20.2 Å². The van der Waals surface area contributed by atoms with Gasteiger partial charge in [-0.3, -0.25) is 4.79 Å². The summed E-state index contributed by atoms with van der Waals surface area (Å²) in [7, 11) is 2.18. The fourth-order valence-electron chi connectivity index (χ4n) is 3.79. The third-order valence-corrected chi connectivity index (χ3v) is 5.55. The highest BCUT2D eigenvalue weighted by molar-refractivity contribution is 5.94. The van der Waals surface area contributed by atoms with Crippen LogP contribution in [0.1, 0.15) is 55.5 Å². The third-order valence-electron chi connectivity index (χ3n) is 5.55. The highest BCUT2D eigenvalue weighted by Gasteiger charge is 2.36. The minimum Gasteiger partial charge on any atom is -0.496 e. The van der Waals surface area contributed by atoms with Crippen LogP contribution in [0.4, 0.5) is 0 Å². The van der Waals surface area contributed by atoms with Gasteiger partial charge in [-0.1, -0.05) is 24.3 Å². The molecular weight excluding hydrogens is 286 g/mol. The third kappa shape index (κ3) is 3.20. The number of hydrogen-bond acceptors (Lipinski definition) is 3. The van der Waals surface area contributed by atoms with Gasteiger partial charge in [0.25, 0.3) is 0 Å². The largest absolute Gasteiger partial charge is 0.496 e. The van der Waals surface area contributed by atoms with Gasteiger partial charge < -0.3 is 9.64 Å². The van der Waals surface area contributed by atoms with E-state index in [-0.39, 0.29) is 11.2 Å². The zero-order chi connectivity index (χ0) is 16.4. The Hall–Kier alpha value is -1.61. The highest BCUT2D eigenvalue weighted by Crippen LogP contribution is 2.42. The van der Waals surface area contributed by atoms with Crippen LogP contribution in [0.3, 0.4) is 0 Å². The highest BCUT2D eigenvalue weighted by atomic mass is 16.5. The maximum Gasteiger partial charge on any atom is 0.159 e. The van der Waals surface area contributed by atoms with Gasteiger partial charge in [0, 0.05) is 17.0 Å². The van der Waals surface area contributed by atoms with Gasteiger partial charge in [0.1, 0.15) is 12.4 Å². The van der Waals surface area contributed by atoms with Gasteiger partial charge in [0.05, 0.1) is 0 Å². The zero-order valence-electron chi connectivity index (χ0n) is 14.5. The number of likely N-dealkylation sites (tertiary alicyclic amines) is 1. The lowest BCUT2D eigenvalue weighted by Crippen LogP contribution is -2.31. The normalized spacial score (nSPS) is 28.0. The molecule has 23 heavy (non-hydrogen) atoms. The lowest BCUT2D eigenvalue weighted by atomic mass is 9.80. The van der Waals surface area contributed by atoms with E-state index in [4.69, 9.17) is 4.74 Å². The first-order valence-electron chi connectivity index (χ1n) is 8.66. The minimum absolute atomic E-state index is 0.0630. The average Bonchev–Trinajstić information content (AvgIpc) is 3.12. The van der Waals surface area contributed by atoms with E-state index in [1.54, 1.807) is 6.92 Å². The standard InChI is InChI=1S/C20H27NO2/c1-15(22)16-8-10-17(11-9-16)20(2)12-4-7-19(20)23-14-18-6-5-13-21(18)3/h7-11,18H,4-6,12-14H2,1-3H3/t18-,20+/m0/s1. The molecule has 3 heteroatoms. The van der Waals surface area contributed by atoms with Gasteiger partial charge >= 0.3 is 0 Å². The van der Waals surface area contributed by atoms with Crippen LogP contribution in [0.5, 0.6) is 0 Å². The first kappa shape index (κ1) is 16.3. The molecule has 0 saturated carbocycles. The molecule has 1 saturated heterocycles. The number of likely N-dealkylation sites (N-methyl/N-ethyl adjacent to an activating group) is 1. The molecule has 0 aromatic heterocycles. The number of carbonyl (C=O) groups is 1. The summed E-state index contributed by atoms with van der Waals surface area (Å²) in [5.74, 6) is 1.22. The molecule has 0 bridgehead atoms. The molecule has 0 unspecified atom stereocenters. The Kier molecular flexibility index (Phi) is 4.58. The Morgan fingerprint density at radius 3 is 2.70 bits per heavy atom. The van der Waals surface area contributed by atoms with Crippen LogP contribution in [0, 0.1) is 0 Å². The summed E-state index contributed by atoms with van der Waals surface area (Å²) in [4.78, 5) is 13.9. The predicted molar refractivity (Wildman–Crippen MR) is 92.7 cm³/mol. The van der Waals surface area contributed by atoms with Crippen LogP contribution in [0.25, 0.3) is 0 Å². The van der Waals surface area contributed by atoms with Crippen molar-refractivity contribution in [3.8, 4) is 0 Å². The van der Waals surface area contributed by atoms with Gasteiger partial charge in [0.2, 0.25) is 0 Å². The predicted octanol–water partition coefficient (Wildman–Crippen LogP) is 3.94. The van der Waals surface area contributed by atoms with E-state index in [0.29, 0.717) is 6.04 Å². The molecule has 1 fully saturated rings. The molecule has 0 N–H and O–H groups in total. The lowest BCUT2D eigenvalue weighted by Gasteiger charge is -2.30. The number of carbonyl (C=O) groups excluding carboxylic acids is 1. The van der Waals surface area contributed by atoms with Crippen molar-refractivity contribution < 1.29 is 9.53 Å². The fourth-order valence-corrected chi connectivity index (χ4v) is 3.79. The van der Waals surface area contributed by atoms with Crippen molar-refractivity contribution in [2.24, 2.45) is 0 Å². The van der Waals surface area contributed by atoms with Crippen molar-refractivity contribution in [3.05, 3.63) is 47.2 Å². The van der Waals surface area contributed by atoms with E-state index >= 15 is 0 Å². The lowest BCUT2D eigenvalue weighted by molar-refractivity contribution is 0.101. The number of rotatable bonds is 5. The van der Waals surface area contributed by atoms with E-state index in [0.717, 1.165) is 30.8 Å². The number of hydrogen-bond donors (Lipinski definition) is 0. The van der Waals surface area contributed by atoms with Crippen LogP contribution in [0.2, 0.25) is 0 Å². The number of ketones is 1. The molecule has 1 aromatic rings. The number of allylic oxidation sites excluding steroid dienone is 2. The SMILES string of the molecule is CC(=O)c1ccc([C@@]2(C)CCC=C2OC[C@@H]2CCCN2C)cc1. The molecule has 1 heterocycles. The molecule has 0 radical (unpaired) electrons. The smallest absolute Gasteiger partial charge is 0.159 e. The van der Waals surface area contributed by atoms with Crippen LogP contribution >= 0.6 is 0 Å². The van der Waals surface area contributed by atoms with E-state index in [1.165, 1.54) is 24.9 Å². The number of benzene rings is 1. The minimum atomic E-state index is -0.0630. The second-order valence-electron chi connectivity index (χ2n) is 7.16. The molecule has 2 aliphatic rings. The fraction of sp³-hybridized carbons (Fsp3) is 0.550. The zero-order valence-corrected chi connectivity index (χ0v) is 14.5. The Morgan fingerprint density at radius 1 is 1.35 bits per heavy atom. The Morgan fingerprint density at radius 2 is 2.09 bits per heavy atom. The van der Waals surface area contributed by atoms with E-state index in [9.17, 15) is 4.79 Å². The molecule has 1 aromatic carbocycles. The van der Waals surface area contributed by atoms with Crippen LogP contribution in [0.15, 0.2) is 36.1 Å². The van der Waals surface area contributed by atoms with E-state index in [2.05, 4.69) is 37.1 Å².